The first kappa shape index (κ1) is 9.52. The Kier molecular flexibility index (Phi) is 3.09. The van der Waals surface area contributed by atoms with E-state index in [1.54, 1.807) is 0 Å². The largest absolute Gasteiger partial charge is 0.480 e. The molecule has 0 amide bonds. The van der Waals surface area contributed by atoms with Crippen molar-refractivity contribution >= 4 is 5.97 Å². The van der Waals surface area contributed by atoms with E-state index in [-0.39, 0.29) is 6.04 Å². The van der Waals surface area contributed by atoms with Crippen molar-refractivity contribution in [1.82, 2.24) is 5.32 Å². The zero-order chi connectivity index (χ0) is 9.14. The van der Waals surface area contributed by atoms with Crippen LogP contribution in [0, 0.1) is 5.92 Å². The van der Waals surface area contributed by atoms with Crippen LogP contribution in [0.1, 0.15) is 33.1 Å². The molecule has 0 heterocycles. The van der Waals surface area contributed by atoms with E-state index in [2.05, 4.69) is 5.32 Å². The maximum Gasteiger partial charge on any atom is 0.320 e. The van der Waals surface area contributed by atoms with Crippen LogP contribution >= 0.6 is 0 Å². The first-order chi connectivity index (χ1) is 5.59. The summed E-state index contributed by atoms with van der Waals surface area (Å²) in [7, 11) is 0. The van der Waals surface area contributed by atoms with Crippen molar-refractivity contribution in [3.63, 3.8) is 0 Å². The normalized spacial score (nSPS) is 19.6. The lowest BCUT2D eigenvalue weighted by Crippen LogP contribution is -2.39. The Labute approximate surface area is 73.2 Å². The van der Waals surface area contributed by atoms with Gasteiger partial charge in [-0.05, 0) is 25.2 Å². The summed E-state index contributed by atoms with van der Waals surface area (Å²) in [6.45, 7) is 4.09. The number of carboxylic acids is 1. The third kappa shape index (κ3) is 3.22. The molecule has 0 aromatic rings. The van der Waals surface area contributed by atoms with E-state index in [1.807, 2.05) is 13.8 Å². The Morgan fingerprint density at radius 1 is 1.58 bits per heavy atom. The van der Waals surface area contributed by atoms with Crippen molar-refractivity contribution in [3.8, 4) is 0 Å². The van der Waals surface area contributed by atoms with Gasteiger partial charge in [-0.1, -0.05) is 13.8 Å². The molecule has 0 aliphatic heterocycles. The van der Waals surface area contributed by atoms with Crippen LogP contribution in [-0.4, -0.2) is 23.2 Å². The fourth-order valence-electron chi connectivity index (χ4n) is 1.25. The highest BCUT2D eigenvalue weighted by atomic mass is 16.4. The number of carboxylic acid groups (broad SMARTS) is 1. The van der Waals surface area contributed by atoms with Gasteiger partial charge in [-0.3, -0.25) is 4.79 Å². The van der Waals surface area contributed by atoms with Crippen LogP contribution < -0.4 is 5.32 Å². The number of aliphatic carboxylic acids is 1. The molecule has 1 aliphatic rings. The van der Waals surface area contributed by atoms with Gasteiger partial charge in [0.05, 0.1) is 0 Å². The predicted octanol–water partition coefficient (Wildman–Crippen LogP) is 1.24. The molecule has 0 bridgehead atoms. The van der Waals surface area contributed by atoms with Crippen LogP contribution in [0.25, 0.3) is 0 Å². The second-order valence-electron chi connectivity index (χ2n) is 3.96. The van der Waals surface area contributed by atoms with E-state index >= 15 is 0 Å². The number of carbonyl (C=O) groups is 1. The van der Waals surface area contributed by atoms with E-state index in [1.165, 1.54) is 0 Å². The van der Waals surface area contributed by atoms with E-state index in [0.717, 1.165) is 19.3 Å². The van der Waals surface area contributed by atoms with Crippen molar-refractivity contribution in [2.24, 2.45) is 5.92 Å². The van der Waals surface area contributed by atoms with E-state index in [9.17, 15) is 4.79 Å². The average Bonchev–Trinajstić information content (AvgIpc) is 2.68. The lowest BCUT2D eigenvalue weighted by molar-refractivity contribution is -0.140. The molecule has 0 spiro atoms. The summed E-state index contributed by atoms with van der Waals surface area (Å²) in [5.41, 5.74) is 0. The Hall–Kier alpha value is -0.570. The van der Waals surface area contributed by atoms with Crippen molar-refractivity contribution < 1.29 is 9.90 Å². The molecular weight excluding hydrogens is 154 g/mol. The molecule has 12 heavy (non-hydrogen) atoms. The first-order valence-corrected chi connectivity index (χ1v) is 4.58. The van der Waals surface area contributed by atoms with Crippen molar-refractivity contribution in [2.75, 3.05) is 0 Å². The first-order valence-electron chi connectivity index (χ1n) is 4.58. The van der Waals surface area contributed by atoms with Crippen molar-refractivity contribution in [1.29, 1.82) is 0 Å². The summed E-state index contributed by atoms with van der Waals surface area (Å²) < 4.78 is 0. The quantitative estimate of drug-likeness (QED) is 0.654. The minimum atomic E-state index is -0.712. The number of nitrogens with one attached hydrogen (secondary N) is 1. The van der Waals surface area contributed by atoms with E-state index < -0.39 is 5.97 Å². The maximum atomic E-state index is 10.7. The van der Waals surface area contributed by atoms with Gasteiger partial charge in [0, 0.05) is 6.04 Å². The molecule has 0 unspecified atom stereocenters. The minimum Gasteiger partial charge on any atom is -0.480 e. The van der Waals surface area contributed by atoms with Crippen LogP contribution in [-0.2, 0) is 4.79 Å². The topological polar surface area (TPSA) is 49.3 Å². The van der Waals surface area contributed by atoms with Gasteiger partial charge in [0.15, 0.2) is 0 Å². The highest BCUT2D eigenvalue weighted by Crippen LogP contribution is 2.20. The summed E-state index contributed by atoms with van der Waals surface area (Å²) in [4.78, 5) is 10.7. The number of hydrogen-bond donors (Lipinski definition) is 2. The maximum absolute atomic E-state index is 10.7. The zero-order valence-electron chi connectivity index (χ0n) is 7.71. The van der Waals surface area contributed by atoms with Gasteiger partial charge in [-0.2, -0.15) is 0 Å². The SMILES string of the molecule is CC(C)C[C@H](NC1CC1)C(=O)O. The summed E-state index contributed by atoms with van der Waals surface area (Å²) in [5, 5.41) is 12.0. The van der Waals surface area contributed by atoms with Gasteiger partial charge < -0.3 is 10.4 Å². The second-order valence-corrected chi connectivity index (χ2v) is 3.96. The molecule has 0 aromatic carbocycles. The molecule has 0 aromatic heterocycles. The van der Waals surface area contributed by atoms with Crippen LogP contribution in [0.5, 0.6) is 0 Å². The molecule has 1 atom stereocenters. The van der Waals surface area contributed by atoms with Gasteiger partial charge in [-0.15, -0.1) is 0 Å². The molecule has 0 radical (unpaired) electrons. The molecule has 3 nitrogen and oxygen atoms in total. The average molecular weight is 171 g/mol. The van der Waals surface area contributed by atoms with Crippen molar-refractivity contribution in [2.45, 2.75) is 45.2 Å². The van der Waals surface area contributed by atoms with Gasteiger partial charge >= 0.3 is 5.97 Å². The van der Waals surface area contributed by atoms with Crippen molar-refractivity contribution in [3.05, 3.63) is 0 Å². The number of hydrogen-bond acceptors (Lipinski definition) is 2. The summed E-state index contributed by atoms with van der Waals surface area (Å²) in [6, 6.07) is 0.141. The van der Waals surface area contributed by atoms with Crippen LogP contribution in [0.4, 0.5) is 0 Å². The fraction of sp³-hybridized carbons (Fsp3) is 0.889. The predicted molar refractivity (Wildman–Crippen MR) is 47.0 cm³/mol. The molecule has 1 saturated carbocycles. The molecular formula is C9H17NO2. The van der Waals surface area contributed by atoms with Gasteiger partial charge in [0.25, 0.3) is 0 Å². The third-order valence-electron chi connectivity index (χ3n) is 2.02. The Morgan fingerprint density at radius 2 is 2.17 bits per heavy atom. The minimum absolute atomic E-state index is 0.336. The highest BCUT2D eigenvalue weighted by molar-refractivity contribution is 5.73. The van der Waals surface area contributed by atoms with E-state index in [0.29, 0.717) is 12.0 Å². The standard InChI is InChI=1S/C9H17NO2/c1-6(2)5-8(9(11)12)10-7-3-4-7/h6-8,10H,3-5H2,1-2H3,(H,11,12)/t8-/m0/s1. The summed E-state index contributed by atoms with van der Waals surface area (Å²) >= 11 is 0. The Morgan fingerprint density at radius 3 is 2.50 bits per heavy atom. The Bertz CT molecular complexity index is 160. The van der Waals surface area contributed by atoms with Crippen LogP contribution in [0.15, 0.2) is 0 Å². The van der Waals surface area contributed by atoms with Gasteiger partial charge in [-0.25, -0.2) is 0 Å². The third-order valence-corrected chi connectivity index (χ3v) is 2.02. The van der Waals surface area contributed by atoms with Gasteiger partial charge in [0.1, 0.15) is 6.04 Å². The molecule has 2 N–H and O–H groups in total. The zero-order valence-corrected chi connectivity index (χ0v) is 7.71. The molecule has 1 rings (SSSR count). The smallest absolute Gasteiger partial charge is 0.320 e. The Balaban J connectivity index is 2.31. The van der Waals surface area contributed by atoms with Crippen LogP contribution in [0.2, 0.25) is 0 Å². The lowest BCUT2D eigenvalue weighted by Gasteiger charge is -2.15. The summed E-state index contributed by atoms with van der Waals surface area (Å²) in [5.74, 6) is -0.270. The highest BCUT2D eigenvalue weighted by Gasteiger charge is 2.28. The van der Waals surface area contributed by atoms with Crippen LogP contribution in [0.3, 0.4) is 0 Å². The van der Waals surface area contributed by atoms with E-state index in [4.69, 9.17) is 5.11 Å². The molecule has 3 heteroatoms. The molecule has 1 fully saturated rings. The second kappa shape index (κ2) is 3.90. The fourth-order valence-corrected chi connectivity index (χ4v) is 1.25. The summed E-state index contributed by atoms with van der Waals surface area (Å²) in [6.07, 6.45) is 3.01. The molecule has 70 valence electrons. The monoisotopic (exact) mass is 171 g/mol. The molecule has 0 saturated heterocycles. The molecule has 1 aliphatic carbocycles. The lowest BCUT2D eigenvalue weighted by atomic mass is 10.0. The number of rotatable bonds is 5. The van der Waals surface area contributed by atoms with Gasteiger partial charge in [0.2, 0.25) is 0 Å².